The fourth-order valence-corrected chi connectivity index (χ4v) is 3.00. The largest absolute Gasteiger partial charge is 0.379 e. The maximum atomic E-state index is 5.93. The van der Waals surface area contributed by atoms with Crippen LogP contribution in [0.25, 0.3) is 0 Å². The van der Waals surface area contributed by atoms with Gasteiger partial charge in [0.2, 0.25) is 0 Å². The number of ether oxygens (including phenoxy) is 2. The quantitative estimate of drug-likeness (QED) is 0.480. The monoisotopic (exact) mass is 303 g/mol. The Labute approximate surface area is 131 Å². The van der Waals surface area contributed by atoms with Crippen LogP contribution >= 0.6 is 0 Å². The maximum Gasteiger partial charge on any atom is 0.193 e. The summed E-state index contributed by atoms with van der Waals surface area (Å²) >= 11 is 0. The van der Waals surface area contributed by atoms with Crippen LogP contribution < -0.4 is 11.1 Å². The third-order valence-corrected chi connectivity index (χ3v) is 4.20. The van der Waals surface area contributed by atoms with Crippen molar-refractivity contribution < 1.29 is 9.47 Å². The lowest BCUT2D eigenvalue weighted by molar-refractivity contribution is 0.0424. The summed E-state index contributed by atoms with van der Waals surface area (Å²) in [4.78, 5) is 4.35. The molecule has 1 aliphatic heterocycles. The molecule has 1 aliphatic carbocycles. The molecule has 22 heavy (non-hydrogen) atoms. The molecule has 5 heteroatoms. The molecule has 1 atom stereocenters. The fraction of sp³-hybridized carbons (Fsp3) is 0.588. The summed E-state index contributed by atoms with van der Waals surface area (Å²) in [5.74, 6) is 0.474. The Bertz CT molecular complexity index is 525. The minimum Gasteiger partial charge on any atom is -0.379 e. The molecule has 0 saturated carbocycles. The highest BCUT2D eigenvalue weighted by Crippen LogP contribution is 2.24. The average molecular weight is 303 g/mol. The fourth-order valence-electron chi connectivity index (χ4n) is 3.00. The SMILES string of the molecule is NC(=NCCCOC1CCOC1)Nc1ccc2c(c1)CCC2. The molecule has 1 unspecified atom stereocenters. The molecular formula is C17H25N3O2. The minimum absolute atomic E-state index is 0.269. The number of guanidine groups is 1. The first-order valence-electron chi connectivity index (χ1n) is 8.19. The van der Waals surface area contributed by atoms with Crippen LogP contribution in [-0.4, -0.2) is 38.4 Å². The number of nitrogens with two attached hydrogens (primary N) is 1. The van der Waals surface area contributed by atoms with Crippen molar-refractivity contribution in [1.29, 1.82) is 0 Å². The lowest BCUT2D eigenvalue weighted by Gasteiger charge is -2.09. The van der Waals surface area contributed by atoms with Crippen molar-refractivity contribution in [3.05, 3.63) is 29.3 Å². The van der Waals surface area contributed by atoms with E-state index in [1.165, 1.54) is 30.4 Å². The molecule has 1 aromatic carbocycles. The first kappa shape index (κ1) is 15.3. The molecule has 0 spiro atoms. The Morgan fingerprint density at radius 1 is 1.36 bits per heavy atom. The molecule has 1 saturated heterocycles. The van der Waals surface area contributed by atoms with Crippen molar-refractivity contribution in [1.82, 2.24) is 0 Å². The number of hydrogen-bond acceptors (Lipinski definition) is 3. The van der Waals surface area contributed by atoms with E-state index < -0.39 is 0 Å². The molecule has 5 nitrogen and oxygen atoms in total. The number of anilines is 1. The highest BCUT2D eigenvalue weighted by Gasteiger charge is 2.15. The van der Waals surface area contributed by atoms with Gasteiger partial charge in [0.15, 0.2) is 5.96 Å². The second-order valence-corrected chi connectivity index (χ2v) is 5.94. The zero-order chi connectivity index (χ0) is 15.2. The molecule has 0 aromatic heterocycles. The number of rotatable bonds is 6. The van der Waals surface area contributed by atoms with E-state index in [-0.39, 0.29) is 6.10 Å². The first-order valence-corrected chi connectivity index (χ1v) is 8.19. The summed E-state index contributed by atoms with van der Waals surface area (Å²) in [5, 5.41) is 3.17. The van der Waals surface area contributed by atoms with Crippen LogP contribution in [0, 0.1) is 0 Å². The van der Waals surface area contributed by atoms with Gasteiger partial charge in [-0.25, -0.2) is 0 Å². The molecule has 0 radical (unpaired) electrons. The number of aryl methyl sites for hydroxylation is 2. The standard InChI is InChI=1S/C17H25N3O2/c18-17(19-8-2-9-22-16-7-10-21-12-16)20-15-6-5-13-3-1-4-14(13)11-15/h5-6,11,16H,1-4,7-10,12H2,(H3,18,19,20). The van der Waals surface area contributed by atoms with Crippen molar-refractivity contribution in [3.8, 4) is 0 Å². The van der Waals surface area contributed by atoms with E-state index in [1.54, 1.807) is 0 Å². The number of nitrogens with zero attached hydrogens (tertiary/aromatic N) is 1. The number of nitrogens with one attached hydrogen (secondary N) is 1. The molecular weight excluding hydrogens is 278 g/mol. The Balaban J connectivity index is 1.38. The van der Waals surface area contributed by atoms with E-state index in [2.05, 4.69) is 28.5 Å². The molecule has 3 rings (SSSR count). The molecule has 120 valence electrons. The third-order valence-electron chi connectivity index (χ3n) is 4.20. The topological polar surface area (TPSA) is 68.9 Å². The number of aliphatic imine (C=N–C) groups is 1. The summed E-state index contributed by atoms with van der Waals surface area (Å²) in [7, 11) is 0. The van der Waals surface area contributed by atoms with Gasteiger partial charge in [0.05, 0.1) is 12.7 Å². The molecule has 1 aromatic rings. The van der Waals surface area contributed by atoms with E-state index in [4.69, 9.17) is 15.2 Å². The predicted octanol–water partition coefficient (Wildman–Crippen LogP) is 2.10. The van der Waals surface area contributed by atoms with E-state index in [0.717, 1.165) is 31.7 Å². The van der Waals surface area contributed by atoms with Crippen LogP contribution in [0.4, 0.5) is 5.69 Å². The summed E-state index contributed by atoms with van der Waals surface area (Å²) in [5.41, 5.74) is 9.86. The van der Waals surface area contributed by atoms with Crippen LogP contribution in [0.15, 0.2) is 23.2 Å². The Hall–Kier alpha value is -1.59. The van der Waals surface area contributed by atoms with Gasteiger partial charge in [-0.1, -0.05) is 6.07 Å². The van der Waals surface area contributed by atoms with Gasteiger partial charge in [0.25, 0.3) is 0 Å². The van der Waals surface area contributed by atoms with E-state index in [9.17, 15) is 0 Å². The smallest absolute Gasteiger partial charge is 0.193 e. The highest BCUT2D eigenvalue weighted by molar-refractivity contribution is 5.92. The van der Waals surface area contributed by atoms with E-state index >= 15 is 0 Å². The number of fused-ring (bicyclic) bond motifs is 1. The summed E-state index contributed by atoms with van der Waals surface area (Å²) in [6.07, 6.45) is 5.78. The van der Waals surface area contributed by atoms with Gasteiger partial charge < -0.3 is 20.5 Å². The molecule has 3 N–H and O–H groups in total. The summed E-state index contributed by atoms with van der Waals surface area (Å²) < 4.78 is 11.0. The van der Waals surface area contributed by atoms with E-state index in [0.29, 0.717) is 19.1 Å². The Morgan fingerprint density at radius 3 is 3.14 bits per heavy atom. The van der Waals surface area contributed by atoms with Crippen LogP contribution in [0.5, 0.6) is 0 Å². The molecule has 1 heterocycles. The lowest BCUT2D eigenvalue weighted by Crippen LogP contribution is -2.23. The van der Waals surface area contributed by atoms with Gasteiger partial charge in [0, 0.05) is 25.4 Å². The molecule has 0 bridgehead atoms. The third kappa shape index (κ3) is 4.21. The maximum absolute atomic E-state index is 5.93. The molecule has 1 fully saturated rings. The van der Waals surface area contributed by atoms with Gasteiger partial charge in [-0.15, -0.1) is 0 Å². The normalized spacial score (nSPS) is 21.1. The van der Waals surface area contributed by atoms with Gasteiger partial charge in [0.1, 0.15) is 0 Å². The van der Waals surface area contributed by atoms with Crippen molar-refractivity contribution in [3.63, 3.8) is 0 Å². The first-order chi connectivity index (χ1) is 10.8. The highest BCUT2D eigenvalue weighted by atomic mass is 16.5. The lowest BCUT2D eigenvalue weighted by atomic mass is 10.1. The Morgan fingerprint density at radius 2 is 2.27 bits per heavy atom. The van der Waals surface area contributed by atoms with Gasteiger partial charge in [-0.3, -0.25) is 4.99 Å². The molecule has 0 amide bonds. The van der Waals surface area contributed by atoms with Gasteiger partial charge >= 0.3 is 0 Å². The van der Waals surface area contributed by atoms with Crippen molar-refractivity contribution in [2.24, 2.45) is 10.7 Å². The Kier molecular flexibility index (Phi) is 5.29. The molecule has 2 aliphatic rings. The second-order valence-electron chi connectivity index (χ2n) is 5.94. The van der Waals surface area contributed by atoms with Crippen LogP contribution in [0.3, 0.4) is 0 Å². The van der Waals surface area contributed by atoms with Crippen molar-refractivity contribution in [2.75, 3.05) is 31.7 Å². The van der Waals surface area contributed by atoms with Gasteiger partial charge in [-0.2, -0.15) is 0 Å². The zero-order valence-electron chi connectivity index (χ0n) is 13.0. The number of hydrogen-bond donors (Lipinski definition) is 2. The zero-order valence-corrected chi connectivity index (χ0v) is 13.0. The summed E-state index contributed by atoms with van der Waals surface area (Å²) in [6.45, 7) is 2.94. The van der Waals surface area contributed by atoms with Crippen LogP contribution in [0.2, 0.25) is 0 Å². The minimum atomic E-state index is 0.269. The average Bonchev–Trinajstić information content (AvgIpc) is 3.17. The predicted molar refractivity (Wildman–Crippen MR) is 88.4 cm³/mol. The van der Waals surface area contributed by atoms with E-state index in [1.807, 2.05) is 0 Å². The van der Waals surface area contributed by atoms with Gasteiger partial charge in [-0.05, 0) is 55.4 Å². The second kappa shape index (κ2) is 7.61. The van der Waals surface area contributed by atoms with Crippen molar-refractivity contribution >= 4 is 11.6 Å². The van der Waals surface area contributed by atoms with Crippen molar-refractivity contribution in [2.45, 2.75) is 38.2 Å². The number of benzene rings is 1. The summed E-state index contributed by atoms with van der Waals surface area (Å²) in [6, 6.07) is 6.46. The van der Waals surface area contributed by atoms with Crippen LogP contribution in [-0.2, 0) is 22.3 Å². The van der Waals surface area contributed by atoms with Crippen LogP contribution in [0.1, 0.15) is 30.4 Å².